The maximum absolute atomic E-state index is 13.4. The van der Waals surface area contributed by atoms with Crippen LogP contribution >= 0.6 is 0 Å². The summed E-state index contributed by atoms with van der Waals surface area (Å²) in [7, 11) is 1.53. The average Bonchev–Trinajstić information content (AvgIpc) is 3.19. The first-order valence-corrected chi connectivity index (χ1v) is 11.9. The number of methoxy groups -OCH3 is 1. The van der Waals surface area contributed by atoms with Crippen LogP contribution < -0.4 is 15.0 Å². The predicted octanol–water partition coefficient (Wildman–Crippen LogP) is 6.37. The molecule has 4 aromatic rings. The van der Waals surface area contributed by atoms with Crippen LogP contribution in [0.25, 0.3) is 5.76 Å². The van der Waals surface area contributed by atoms with E-state index in [1.54, 1.807) is 36.4 Å². The molecule has 1 atom stereocenters. The molecule has 6 heteroatoms. The number of carbonyl (C=O) groups excluding carboxylic acids is 2. The van der Waals surface area contributed by atoms with Gasteiger partial charge in [-0.05, 0) is 61.0 Å². The lowest BCUT2D eigenvalue weighted by Crippen LogP contribution is -2.29. The fourth-order valence-electron chi connectivity index (χ4n) is 4.57. The molecule has 0 bridgehead atoms. The first-order chi connectivity index (χ1) is 18.0. The number of para-hydroxylation sites is 1. The lowest BCUT2D eigenvalue weighted by molar-refractivity contribution is -0.132. The van der Waals surface area contributed by atoms with Gasteiger partial charge in [0, 0.05) is 22.6 Å². The molecule has 1 heterocycles. The Hall–Kier alpha value is -4.84. The Labute approximate surface area is 215 Å². The van der Waals surface area contributed by atoms with Crippen molar-refractivity contribution in [2.45, 2.75) is 13.0 Å². The molecule has 0 spiro atoms. The maximum Gasteiger partial charge on any atom is 0.300 e. The van der Waals surface area contributed by atoms with E-state index in [2.05, 4.69) is 5.32 Å². The summed E-state index contributed by atoms with van der Waals surface area (Å²) in [6.45, 7) is 1.95. The molecule has 5 rings (SSSR count). The summed E-state index contributed by atoms with van der Waals surface area (Å²) in [6, 6.07) is 30.7. The summed E-state index contributed by atoms with van der Waals surface area (Å²) in [5.41, 5.74) is 4.48. The molecule has 0 aromatic heterocycles. The maximum atomic E-state index is 13.4. The zero-order valence-corrected chi connectivity index (χ0v) is 20.5. The monoisotopic (exact) mass is 490 g/mol. The smallest absolute Gasteiger partial charge is 0.300 e. The van der Waals surface area contributed by atoms with Crippen molar-refractivity contribution in [1.29, 1.82) is 0 Å². The average molecular weight is 491 g/mol. The number of nitrogens with one attached hydrogen (secondary N) is 1. The summed E-state index contributed by atoms with van der Waals surface area (Å²) < 4.78 is 5.29. The number of anilines is 3. The van der Waals surface area contributed by atoms with Gasteiger partial charge in [-0.2, -0.15) is 0 Å². The molecule has 2 N–H and O–H groups in total. The summed E-state index contributed by atoms with van der Waals surface area (Å²) in [5.74, 6) is -1.14. The van der Waals surface area contributed by atoms with Crippen LogP contribution in [0.1, 0.15) is 22.7 Å². The van der Waals surface area contributed by atoms with Crippen LogP contribution in [0.4, 0.5) is 17.1 Å². The summed E-state index contributed by atoms with van der Waals surface area (Å²) in [6.07, 6.45) is 0. The van der Waals surface area contributed by atoms with E-state index in [0.29, 0.717) is 17.0 Å². The minimum absolute atomic E-state index is 0.0374. The van der Waals surface area contributed by atoms with Gasteiger partial charge in [-0.1, -0.05) is 60.2 Å². The Morgan fingerprint density at radius 3 is 2.24 bits per heavy atom. The van der Waals surface area contributed by atoms with E-state index in [1.165, 1.54) is 12.0 Å². The van der Waals surface area contributed by atoms with Crippen LogP contribution in [0.2, 0.25) is 0 Å². The molecule has 1 unspecified atom stereocenters. The third kappa shape index (κ3) is 4.69. The second-order valence-electron chi connectivity index (χ2n) is 8.85. The molecule has 4 aromatic carbocycles. The summed E-state index contributed by atoms with van der Waals surface area (Å²) >= 11 is 0. The molecule has 37 heavy (non-hydrogen) atoms. The van der Waals surface area contributed by atoms with E-state index in [4.69, 9.17) is 4.74 Å². The van der Waals surface area contributed by atoms with E-state index in [0.717, 1.165) is 22.5 Å². The van der Waals surface area contributed by atoms with Crippen LogP contribution in [0.3, 0.4) is 0 Å². The highest BCUT2D eigenvalue weighted by molar-refractivity contribution is 6.51. The molecule has 1 saturated heterocycles. The zero-order chi connectivity index (χ0) is 25.9. The Kier molecular flexibility index (Phi) is 6.47. The van der Waals surface area contributed by atoms with Crippen molar-refractivity contribution in [2.75, 3.05) is 17.3 Å². The molecule has 184 valence electrons. The zero-order valence-electron chi connectivity index (χ0n) is 20.5. The fourth-order valence-corrected chi connectivity index (χ4v) is 4.57. The minimum Gasteiger partial charge on any atom is -0.507 e. The van der Waals surface area contributed by atoms with Gasteiger partial charge in [0.1, 0.15) is 11.5 Å². The van der Waals surface area contributed by atoms with Gasteiger partial charge in [0.05, 0.1) is 18.7 Å². The third-order valence-electron chi connectivity index (χ3n) is 6.35. The lowest BCUT2D eigenvalue weighted by Gasteiger charge is -2.26. The van der Waals surface area contributed by atoms with Gasteiger partial charge in [-0.25, -0.2) is 0 Å². The van der Waals surface area contributed by atoms with Crippen molar-refractivity contribution in [1.82, 2.24) is 0 Å². The molecule has 0 aliphatic carbocycles. The van der Waals surface area contributed by atoms with Gasteiger partial charge in [-0.3, -0.25) is 14.5 Å². The molecular formula is C31H26N2O4. The van der Waals surface area contributed by atoms with Gasteiger partial charge >= 0.3 is 0 Å². The molecule has 0 radical (unpaired) electrons. The van der Waals surface area contributed by atoms with Crippen LogP contribution in [0.5, 0.6) is 5.75 Å². The molecular weight excluding hydrogens is 464 g/mol. The second-order valence-corrected chi connectivity index (χ2v) is 8.85. The van der Waals surface area contributed by atoms with Crippen LogP contribution in [0, 0.1) is 6.92 Å². The third-order valence-corrected chi connectivity index (χ3v) is 6.35. The topological polar surface area (TPSA) is 78.9 Å². The Bertz CT molecular complexity index is 1490. The lowest BCUT2D eigenvalue weighted by atomic mass is 9.94. The largest absolute Gasteiger partial charge is 0.507 e. The van der Waals surface area contributed by atoms with Gasteiger partial charge in [-0.15, -0.1) is 0 Å². The quantitative estimate of drug-likeness (QED) is 0.186. The fraction of sp³-hybridized carbons (Fsp3) is 0.0968. The molecule has 1 aliphatic heterocycles. The van der Waals surface area contributed by atoms with E-state index >= 15 is 0 Å². The first kappa shape index (κ1) is 23.9. The predicted molar refractivity (Wildman–Crippen MR) is 145 cm³/mol. The number of Topliss-reactive ketones (excluding diaryl/α,β-unsaturated/α-hetero) is 1. The number of benzene rings is 4. The molecule has 1 fully saturated rings. The summed E-state index contributed by atoms with van der Waals surface area (Å²) in [4.78, 5) is 28.2. The number of aliphatic hydroxyl groups excluding tert-OH is 1. The number of rotatable bonds is 6. The van der Waals surface area contributed by atoms with Gasteiger partial charge in [0.2, 0.25) is 0 Å². The highest BCUT2D eigenvalue weighted by Crippen LogP contribution is 2.42. The van der Waals surface area contributed by atoms with Crippen LogP contribution in [-0.2, 0) is 9.59 Å². The first-order valence-electron chi connectivity index (χ1n) is 11.9. The number of aryl methyl sites for hydroxylation is 1. The Morgan fingerprint density at radius 1 is 0.838 bits per heavy atom. The molecule has 0 saturated carbocycles. The van der Waals surface area contributed by atoms with Gasteiger partial charge in [0.15, 0.2) is 0 Å². The highest BCUT2D eigenvalue weighted by atomic mass is 16.5. The van der Waals surface area contributed by atoms with E-state index in [-0.39, 0.29) is 11.3 Å². The van der Waals surface area contributed by atoms with Crippen molar-refractivity contribution < 1.29 is 19.4 Å². The van der Waals surface area contributed by atoms with Crippen molar-refractivity contribution in [3.05, 3.63) is 125 Å². The SMILES string of the molecule is COc1cccc(/C(O)=C2/C(=O)C(=O)N(c3ccc(Nc4ccccc4)cc3)C2c2cccc(C)c2)c1. The number of nitrogens with zero attached hydrogens (tertiary/aromatic N) is 1. The van der Waals surface area contributed by atoms with Crippen molar-refractivity contribution in [3.63, 3.8) is 0 Å². The Morgan fingerprint density at radius 2 is 1.54 bits per heavy atom. The molecule has 1 amide bonds. The van der Waals surface area contributed by atoms with Crippen LogP contribution in [0.15, 0.2) is 109 Å². The minimum atomic E-state index is -0.793. The standard InChI is InChI=1S/C31H26N2O4/c1-20-8-6-9-21(18-20)28-27(29(34)22-10-7-13-26(19-22)37-2)30(35)31(36)33(28)25-16-14-24(15-17-25)32-23-11-4-3-5-12-23/h3-19,28,32,34H,1-2H3/b29-27-. The highest BCUT2D eigenvalue weighted by Gasteiger charge is 2.47. The molecule has 1 aliphatic rings. The van der Waals surface area contributed by atoms with Crippen LogP contribution in [-0.4, -0.2) is 23.9 Å². The number of ether oxygens (including phenoxy) is 1. The van der Waals surface area contributed by atoms with Crippen molar-refractivity contribution >= 4 is 34.5 Å². The summed E-state index contributed by atoms with van der Waals surface area (Å²) in [5, 5.41) is 14.6. The number of hydrogen-bond acceptors (Lipinski definition) is 5. The van der Waals surface area contributed by atoms with Crippen molar-refractivity contribution in [3.8, 4) is 5.75 Å². The van der Waals surface area contributed by atoms with Gasteiger partial charge < -0.3 is 15.2 Å². The van der Waals surface area contributed by atoms with E-state index in [1.807, 2.05) is 73.7 Å². The number of carbonyl (C=O) groups is 2. The van der Waals surface area contributed by atoms with E-state index < -0.39 is 17.7 Å². The van der Waals surface area contributed by atoms with Gasteiger partial charge in [0.25, 0.3) is 11.7 Å². The second kappa shape index (κ2) is 10.0. The number of aliphatic hydroxyl groups is 1. The number of hydrogen-bond donors (Lipinski definition) is 2. The van der Waals surface area contributed by atoms with E-state index in [9.17, 15) is 14.7 Å². The molecule has 6 nitrogen and oxygen atoms in total. The Balaban J connectivity index is 1.60. The number of amides is 1. The number of ketones is 1. The van der Waals surface area contributed by atoms with Crippen molar-refractivity contribution in [2.24, 2.45) is 0 Å². The normalized spacial score (nSPS) is 16.6.